The molecule has 2 fully saturated rings. The molecule has 1 saturated heterocycles. The monoisotopic (exact) mass is 334 g/mol. The zero-order chi connectivity index (χ0) is 15.9. The number of hydrogen-bond acceptors (Lipinski definition) is 4. The summed E-state index contributed by atoms with van der Waals surface area (Å²) in [6.45, 7) is 2.29. The molecule has 1 aromatic rings. The molecule has 8 heteroatoms. The number of carboxylic acid groups (broad SMARTS) is 1. The van der Waals surface area contributed by atoms with Crippen molar-refractivity contribution in [2.24, 2.45) is 11.8 Å². The van der Waals surface area contributed by atoms with Gasteiger partial charge in [-0.1, -0.05) is 0 Å². The maximum Gasteiger partial charge on any atom is 0.434 e. The molecule has 1 saturated carbocycles. The lowest BCUT2D eigenvalue weighted by Gasteiger charge is -2.31. The Kier molecular flexibility index (Phi) is 4.15. The van der Waals surface area contributed by atoms with Gasteiger partial charge in [-0.15, -0.1) is 11.3 Å². The Balaban J connectivity index is 1.59. The van der Waals surface area contributed by atoms with Crippen LogP contribution in [0.5, 0.6) is 0 Å². The molecule has 1 aliphatic carbocycles. The number of alkyl halides is 3. The summed E-state index contributed by atoms with van der Waals surface area (Å²) in [6, 6.07) is 0. The van der Waals surface area contributed by atoms with E-state index in [1.54, 1.807) is 0 Å². The van der Waals surface area contributed by atoms with Gasteiger partial charge in [0.2, 0.25) is 0 Å². The van der Waals surface area contributed by atoms with Crippen LogP contribution in [0.15, 0.2) is 5.38 Å². The van der Waals surface area contributed by atoms with Gasteiger partial charge >= 0.3 is 12.1 Å². The number of thiazole rings is 1. The van der Waals surface area contributed by atoms with Crippen LogP contribution in [-0.4, -0.2) is 40.6 Å². The Labute approximate surface area is 130 Å². The SMILES string of the molecule is O=C(O)[C@@H]1C[C@H]1CN1CCCC(c2nc(C(F)(F)F)cs2)C1. The number of aliphatic carboxylic acids is 1. The van der Waals surface area contributed by atoms with Gasteiger partial charge in [0, 0.05) is 24.4 Å². The molecular formula is C14H17F3N2O2S. The topological polar surface area (TPSA) is 53.4 Å². The van der Waals surface area contributed by atoms with Crippen molar-refractivity contribution in [3.05, 3.63) is 16.1 Å². The lowest BCUT2D eigenvalue weighted by Crippen LogP contribution is -2.36. The Hall–Kier alpha value is -1.15. The Morgan fingerprint density at radius 2 is 2.27 bits per heavy atom. The van der Waals surface area contributed by atoms with Crippen LogP contribution in [0.1, 0.15) is 35.9 Å². The van der Waals surface area contributed by atoms with Crippen molar-refractivity contribution in [3.63, 3.8) is 0 Å². The number of halogens is 3. The number of piperidine rings is 1. The Bertz CT molecular complexity index is 561. The molecule has 1 N–H and O–H groups in total. The zero-order valence-electron chi connectivity index (χ0n) is 11.8. The van der Waals surface area contributed by atoms with E-state index in [9.17, 15) is 18.0 Å². The molecular weight excluding hydrogens is 317 g/mol. The minimum absolute atomic E-state index is 0.0249. The van der Waals surface area contributed by atoms with Gasteiger partial charge in [-0.05, 0) is 31.7 Å². The summed E-state index contributed by atoms with van der Waals surface area (Å²) < 4.78 is 37.9. The van der Waals surface area contributed by atoms with E-state index in [0.29, 0.717) is 18.0 Å². The normalized spacial score (nSPS) is 29.5. The van der Waals surface area contributed by atoms with Crippen LogP contribution in [0.25, 0.3) is 0 Å². The third-order valence-electron chi connectivity index (χ3n) is 4.40. The van der Waals surface area contributed by atoms with Crippen molar-refractivity contribution >= 4 is 17.3 Å². The minimum Gasteiger partial charge on any atom is -0.481 e. The fourth-order valence-electron chi connectivity index (χ4n) is 3.11. The standard InChI is InChI=1S/C14H17F3N2O2S/c15-14(16,17)11-7-22-12(18-11)8-2-1-3-19(5-8)6-9-4-10(9)13(20)21/h7-10H,1-6H2,(H,20,21)/t8?,9-,10+/m0/s1. The molecule has 3 atom stereocenters. The smallest absolute Gasteiger partial charge is 0.434 e. The molecule has 0 bridgehead atoms. The average molecular weight is 334 g/mol. The first-order valence-corrected chi connectivity index (χ1v) is 8.20. The van der Waals surface area contributed by atoms with Crippen LogP contribution in [-0.2, 0) is 11.0 Å². The third-order valence-corrected chi connectivity index (χ3v) is 5.41. The van der Waals surface area contributed by atoms with Gasteiger partial charge in [0.05, 0.1) is 10.9 Å². The molecule has 1 unspecified atom stereocenters. The van der Waals surface area contributed by atoms with Gasteiger partial charge in [-0.3, -0.25) is 4.79 Å². The first kappa shape index (κ1) is 15.7. The molecule has 0 spiro atoms. The van der Waals surface area contributed by atoms with Crippen molar-refractivity contribution in [3.8, 4) is 0 Å². The number of aromatic nitrogens is 1. The number of nitrogens with zero attached hydrogens (tertiary/aromatic N) is 2. The molecule has 4 nitrogen and oxygen atoms in total. The summed E-state index contributed by atoms with van der Waals surface area (Å²) in [5.41, 5.74) is -0.808. The van der Waals surface area contributed by atoms with E-state index in [1.165, 1.54) is 0 Å². The first-order valence-electron chi connectivity index (χ1n) is 7.32. The van der Waals surface area contributed by atoms with E-state index in [-0.39, 0.29) is 17.8 Å². The maximum atomic E-state index is 12.6. The molecule has 0 amide bonds. The van der Waals surface area contributed by atoms with Crippen molar-refractivity contribution in [2.45, 2.75) is 31.4 Å². The average Bonchev–Trinajstić information content (AvgIpc) is 3.01. The maximum absolute atomic E-state index is 12.6. The summed E-state index contributed by atoms with van der Waals surface area (Å²) in [5.74, 6) is -0.763. The van der Waals surface area contributed by atoms with E-state index in [2.05, 4.69) is 9.88 Å². The summed E-state index contributed by atoms with van der Waals surface area (Å²) in [5, 5.41) is 10.6. The molecule has 1 aliphatic heterocycles. The van der Waals surface area contributed by atoms with E-state index in [1.807, 2.05) is 0 Å². The number of likely N-dealkylation sites (tertiary alicyclic amines) is 1. The van der Waals surface area contributed by atoms with Crippen LogP contribution >= 0.6 is 11.3 Å². The lowest BCUT2D eigenvalue weighted by molar-refractivity contribution is -0.141. The molecule has 0 aromatic carbocycles. The lowest BCUT2D eigenvalue weighted by atomic mass is 9.98. The highest BCUT2D eigenvalue weighted by Crippen LogP contribution is 2.41. The quantitative estimate of drug-likeness (QED) is 0.919. The summed E-state index contributed by atoms with van der Waals surface area (Å²) >= 11 is 1.07. The van der Waals surface area contributed by atoms with Gasteiger partial charge < -0.3 is 10.0 Å². The van der Waals surface area contributed by atoms with Crippen LogP contribution < -0.4 is 0 Å². The minimum atomic E-state index is -4.38. The molecule has 2 aliphatic rings. The first-order chi connectivity index (χ1) is 10.3. The molecule has 2 heterocycles. The van der Waals surface area contributed by atoms with E-state index in [0.717, 1.165) is 42.6 Å². The highest BCUT2D eigenvalue weighted by Gasteiger charge is 2.44. The third kappa shape index (κ3) is 3.43. The number of hydrogen-bond donors (Lipinski definition) is 1. The Morgan fingerprint density at radius 3 is 2.86 bits per heavy atom. The molecule has 22 heavy (non-hydrogen) atoms. The van der Waals surface area contributed by atoms with Gasteiger partial charge in [0.25, 0.3) is 0 Å². The second-order valence-electron chi connectivity index (χ2n) is 6.11. The number of carboxylic acids is 1. The predicted octanol–water partition coefficient (Wildman–Crippen LogP) is 3.06. The zero-order valence-corrected chi connectivity index (χ0v) is 12.7. The van der Waals surface area contributed by atoms with Gasteiger partial charge in [-0.25, -0.2) is 4.98 Å². The fraction of sp³-hybridized carbons (Fsp3) is 0.714. The van der Waals surface area contributed by atoms with E-state index in [4.69, 9.17) is 5.11 Å². The van der Waals surface area contributed by atoms with Gasteiger partial charge in [0.15, 0.2) is 5.69 Å². The highest BCUT2D eigenvalue weighted by atomic mass is 32.1. The molecule has 1 aromatic heterocycles. The van der Waals surface area contributed by atoms with Crippen LogP contribution in [0.2, 0.25) is 0 Å². The Morgan fingerprint density at radius 1 is 1.50 bits per heavy atom. The molecule has 3 rings (SSSR count). The van der Waals surface area contributed by atoms with Crippen LogP contribution in [0.4, 0.5) is 13.2 Å². The summed E-state index contributed by atoms with van der Waals surface area (Å²) in [7, 11) is 0. The van der Waals surface area contributed by atoms with E-state index >= 15 is 0 Å². The fourth-order valence-corrected chi connectivity index (χ4v) is 4.07. The van der Waals surface area contributed by atoms with Crippen molar-refractivity contribution in [1.29, 1.82) is 0 Å². The predicted molar refractivity (Wildman–Crippen MR) is 74.8 cm³/mol. The second kappa shape index (κ2) is 5.81. The molecule has 122 valence electrons. The van der Waals surface area contributed by atoms with Crippen molar-refractivity contribution < 1.29 is 23.1 Å². The number of rotatable bonds is 4. The van der Waals surface area contributed by atoms with Crippen molar-refractivity contribution in [1.82, 2.24) is 9.88 Å². The summed E-state index contributed by atoms with van der Waals surface area (Å²) in [6.07, 6.45) is -1.91. The van der Waals surface area contributed by atoms with Crippen LogP contribution in [0.3, 0.4) is 0 Å². The van der Waals surface area contributed by atoms with Crippen molar-refractivity contribution in [2.75, 3.05) is 19.6 Å². The summed E-state index contributed by atoms with van der Waals surface area (Å²) in [4.78, 5) is 16.8. The highest BCUT2D eigenvalue weighted by molar-refractivity contribution is 7.09. The molecule has 0 radical (unpaired) electrons. The van der Waals surface area contributed by atoms with Gasteiger partial charge in [0.1, 0.15) is 0 Å². The number of carbonyl (C=O) groups is 1. The largest absolute Gasteiger partial charge is 0.481 e. The van der Waals surface area contributed by atoms with Crippen LogP contribution in [0, 0.1) is 11.8 Å². The van der Waals surface area contributed by atoms with Gasteiger partial charge in [-0.2, -0.15) is 13.2 Å². The second-order valence-corrected chi connectivity index (χ2v) is 7.00. The van der Waals surface area contributed by atoms with E-state index < -0.39 is 17.8 Å².